The first-order valence-corrected chi connectivity index (χ1v) is 6.44. The summed E-state index contributed by atoms with van der Waals surface area (Å²) >= 11 is 0. The van der Waals surface area contributed by atoms with Crippen molar-refractivity contribution < 1.29 is 15.0 Å². The van der Waals surface area contributed by atoms with Gasteiger partial charge in [0.15, 0.2) is 0 Å². The molecule has 0 amide bonds. The minimum absolute atomic E-state index is 0.308. The number of carbonyl (C=O) groups is 1. The highest BCUT2D eigenvalue weighted by Gasteiger charge is 2.34. The average Bonchev–Trinajstić information content (AvgIpc) is 2.35. The zero-order valence-electron chi connectivity index (χ0n) is 11.1. The van der Waals surface area contributed by atoms with Gasteiger partial charge in [-0.15, -0.1) is 0 Å². The van der Waals surface area contributed by atoms with Crippen molar-refractivity contribution >= 4 is 5.97 Å². The van der Waals surface area contributed by atoms with E-state index in [1.165, 1.54) is 0 Å². The minimum Gasteiger partial charge on any atom is -0.481 e. The minimum atomic E-state index is -0.833. The van der Waals surface area contributed by atoms with Gasteiger partial charge in [0, 0.05) is 0 Å². The molecular weight excluding hydrogens is 228 g/mol. The van der Waals surface area contributed by atoms with Gasteiger partial charge in [-0.25, -0.2) is 0 Å². The second-order valence-corrected chi connectivity index (χ2v) is 5.10. The van der Waals surface area contributed by atoms with Gasteiger partial charge in [0.25, 0.3) is 0 Å². The van der Waals surface area contributed by atoms with E-state index in [4.69, 9.17) is 0 Å². The van der Waals surface area contributed by atoms with Crippen LogP contribution in [0.15, 0.2) is 30.3 Å². The van der Waals surface area contributed by atoms with Crippen LogP contribution in [-0.4, -0.2) is 22.3 Å². The van der Waals surface area contributed by atoms with E-state index in [1.54, 1.807) is 13.8 Å². The lowest BCUT2D eigenvalue weighted by atomic mass is 9.78. The van der Waals surface area contributed by atoms with Gasteiger partial charge in [-0.2, -0.15) is 0 Å². The maximum absolute atomic E-state index is 11.5. The number of aliphatic carboxylic acids is 1. The molecule has 3 nitrogen and oxygen atoms in total. The van der Waals surface area contributed by atoms with Crippen molar-refractivity contribution in [3.63, 3.8) is 0 Å². The number of hydrogen-bond donors (Lipinski definition) is 2. The summed E-state index contributed by atoms with van der Waals surface area (Å²) in [6, 6.07) is 9.35. The lowest BCUT2D eigenvalue weighted by Gasteiger charge is -2.25. The maximum Gasteiger partial charge on any atom is 0.313 e. The normalized spacial score (nSPS) is 15.9. The molecule has 0 fully saturated rings. The Hall–Kier alpha value is -1.35. The molecule has 0 saturated heterocycles. The van der Waals surface area contributed by atoms with E-state index in [1.807, 2.05) is 30.3 Å². The Labute approximate surface area is 108 Å². The van der Waals surface area contributed by atoms with Crippen molar-refractivity contribution in [3.8, 4) is 0 Å². The molecule has 100 valence electrons. The highest BCUT2D eigenvalue weighted by molar-refractivity contribution is 5.80. The molecule has 0 heterocycles. The number of carboxylic acids is 1. The largest absolute Gasteiger partial charge is 0.481 e. The lowest BCUT2D eigenvalue weighted by molar-refractivity contribution is -0.143. The van der Waals surface area contributed by atoms with Crippen molar-refractivity contribution in [3.05, 3.63) is 35.9 Å². The van der Waals surface area contributed by atoms with E-state index in [-0.39, 0.29) is 6.10 Å². The maximum atomic E-state index is 11.5. The summed E-state index contributed by atoms with van der Waals surface area (Å²) < 4.78 is 0. The number of aliphatic hydroxyl groups excluding tert-OH is 1. The third-order valence-corrected chi connectivity index (χ3v) is 3.43. The molecule has 1 aromatic rings. The van der Waals surface area contributed by atoms with Crippen LogP contribution >= 0.6 is 0 Å². The van der Waals surface area contributed by atoms with Gasteiger partial charge in [0.2, 0.25) is 0 Å². The van der Waals surface area contributed by atoms with E-state index in [2.05, 4.69) is 0 Å². The standard InChI is InChI=1S/C15H22O3/c1-12(16)8-6-7-11-15(2,14(17)18)13-9-4-3-5-10-13/h3-5,9-10,12,16H,6-8,11H2,1-2H3,(H,17,18). The molecule has 0 bridgehead atoms. The van der Waals surface area contributed by atoms with Gasteiger partial charge in [-0.1, -0.05) is 43.2 Å². The van der Waals surface area contributed by atoms with E-state index in [0.29, 0.717) is 6.42 Å². The molecule has 0 aliphatic carbocycles. The predicted octanol–water partition coefficient (Wildman–Crippen LogP) is 2.97. The Balaban J connectivity index is 2.67. The monoisotopic (exact) mass is 250 g/mol. The molecule has 0 aromatic heterocycles. The molecule has 0 spiro atoms. The smallest absolute Gasteiger partial charge is 0.313 e. The van der Waals surface area contributed by atoms with E-state index in [9.17, 15) is 15.0 Å². The van der Waals surface area contributed by atoms with Gasteiger partial charge in [-0.3, -0.25) is 4.79 Å². The summed E-state index contributed by atoms with van der Waals surface area (Å²) in [6.07, 6.45) is 2.68. The molecule has 0 radical (unpaired) electrons. The molecule has 2 unspecified atom stereocenters. The molecular formula is C15H22O3. The van der Waals surface area contributed by atoms with Gasteiger partial charge < -0.3 is 10.2 Å². The lowest BCUT2D eigenvalue weighted by Crippen LogP contribution is -2.32. The van der Waals surface area contributed by atoms with Gasteiger partial charge in [0.1, 0.15) is 0 Å². The summed E-state index contributed by atoms with van der Waals surface area (Å²) in [5.41, 5.74) is 0.00879. The average molecular weight is 250 g/mol. The first-order chi connectivity index (χ1) is 8.47. The quantitative estimate of drug-likeness (QED) is 0.731. The van der Waals surface area contributed by atoms with Crippen molar-refractivity contribution in [2.24, 2.45) is 0 Å². The molecule has 1 aromatic carbocycles. The SMILES string of the molecule is CC(O)CCCCC(C)(C(=O)O)c1ccccc1. The Bertz CT molecular complexity index is 373. The topological polar surface area (TPSA) is 57.5 Å². The number of aliphatic hydroxyl groups is 1. The second-order valence-electron chi connectivity index (χ2n) is 5.10. The fourth-order valence-corrected chi connectivity index (χ4v) is 2.10. The third kappa shape index (κ3) is 3.84. The van der Waals surface area contributed by atoms with Crippen LogP contribution in [0.4, 0.5) is 0 Å². The number of unbranched alkanes of at least 4 members (excludes halogenated alkanes) is 1. The molecule has 2 N–H and O–H groups in total. The zero-order chi connectivity index (χ0) is 13.6. The molecule has 2 atom stereocenters. The first-order valence-electron chi connectivity index (χ1n) is 6.44. The number of benzene rings is 1. The summed E-state index contributed by atoms with van der Waals surface area (Å²) in [5, 5.41) is 18.6. The Morgan fingerprint density at radius 2 is 1.89 bits per heavy atom. The van der Waals surface area contributed by atoms with E-state index < -0.39 is 11.4 Å². The van der Waals surface area contributed by atoms with Crippen LogP contribution in [0.5, 0.6) is 0 Å². The second kappa shape index (κ2) is 6.55. The van der Waals surface area contributed by atoms with Crippen LogP contribution in [0, 0.1) is 0 Å². The van der Waals surface area contributed by atoms with Gasteiger partial charge >= 0.3 is 5.97 Å². The van der Waals surface area contributed by atoms with E-state index in [0.717, 1.165) is 24.8 Å². The Morgan fingerprint density at radius 3 is 2.39 bits per heavy atom. The molecule has 1 rings (SSSR count). The summed E-state index contributed by atoms with van der Waals surface area (Å²) in [4.78, 5) is 11.5. The van der Waals surface area contributed by atoms with Crippen molar-refractivity contribution in [1.29, 1.82) is 0 Å². The van der Waals surface area contributed by atoms with Crippen LogP contribution in [0.1, 0.15) is 45.1 Å². The van der Waals surface area contributed by atoms with Crippen LogP contribution < -0.4 is 0 Å². The van der Waals surface area contributed by atoms with Gasteiger partial charge in [0.05, 0.1) is 11.5 Å². The highest BCUT2D eigenvalue weighted by atomic mass is 16.4. The van der Waals surface area contributed by atoms with Crippen molar-refractivity contribution in [2.45, 2.75) is 51.0 Å². The Morgan fingerprint density at radius 1 is 1.28 bits per heavy atom. The summed E-state index contributed by atoms with van der Waals surface area (Å²) in [7, 11) is 0. The first kappa shape index (κ1) is 14.7. The van der Waals surface area contributed by atoms with Crippen LogP contribution in [0.3, 0.4) is 0 Å². The van der Waals surface area contributed by atoms with Crippen molar-refractivity contribution in [2.75, 3.05) is 0 Å². The van der Waals surface area contributed by atoms with Crippen LogP contribution in [0.25, 0.3) is 0 Å². The molecule has 18 heavy (non-hydrogen) atoms. The molecule has 0 saturated carbocycles. The number of rotatable bonds is 7. The number of hydrogen-bond acceptors (Lipinski definition) is 2. The summed E-state index contributed by atoms with van der Waals surface area (Å²) in [5.74, 6) is -0.786. The highest BCUT2D eigenvalue weighted by Crippen LogP contribution is 2.30. The number of carboxylic acid groups (broad SMARTS) is 1. The zero-order valence-corrected chi connectivity index (χ0v) is 11.1. The predicted molar refractivity (Wildman–Crippen MR) is 71.6 cm³/mol. The fraction of sp³-hybridized carbons (Fsp3) is 0.533. The summed E-state index contributed by atoms with van der Waals surface area (Å²) in [6.45, 7) is 3.53. The third-order valence-electron chi connectivity index (χ3n) is 3.43. The molecule has 3 heteroatoms. The molecule has 0 aliphatic heterocycles. The van der Waals surface area contributed by atoms with E-state index >= 15 is 0 Å². The van der Waals surface area contributed by atoms with Crippen molar-refractivity contribution in [1.82, 2.24) is 0 Å². The van der Waals surface area contributed by atoms with Gasteiger partial charge in [-0.05, 0) is 32.3 Å². The fourth-order valence-electron chi connectivity index (χ4n) is 2.10. The van der Waals surface area contributed by atoms with Crippen LogP contribution in [-0.2, 0) is 10.2 Å². The van der Waals surface area contributed by atoms with Crippen LogP contribution in [0.2, 0.25) is 0 Å². The Kier molecular flexibility index (Phi) is 5.35. The molecule has 0 aliphatic rings.